The zero-order chi connectivity index (χ0) is 19.7. The molecule has 0 aliphatic heterocycles. The molecule has 0 saturated heterocycles. The first-order valence-electron chi connectivity index (χ1n) is 9.63. The van der Waals surface area contributed by atoms with Gasteiger partial charge in [-0.25, -0.2) is 0 Å². The Morgan fingerprint density at radius 2 is 1.29 bits per heavy atom. The summed E-state index contributed by atoms with van der Waals surface area (Å²) in [5, 5.41) is 9.17. The van der Waals surface area contributed by atoms with Gasteiger partial charge in [-0.05, 0) is 35.6 Å². The maximum atomic E-state index is 4.59. The van der Waals surface area contributed by atoms with Gasteiger partial charge < -0.3 is 0 Å². The van der Waals surface area contributed by atoms with Crippen molar-refractivity contribution >= 4 is 0 Å². The lowest BCUT2D eigenvalue weighted by atomic mass is 9.86. The monoisotopic (exact) mass is 367 g/mol. The van der Waals surface area contributed by atoms with Crippen LogP contribution in [0.25, 0.3) is 28.5 Å². The van der Waals surface area contributed by atoms with E-state index in [2.05, 4.69) is 91.0 Å². The first-order chi connectivity index (χ1) is 13.4. The first kappa shape index (κ1) is 18.2. The van der Waals surface area contributed by atoms with Gasteiger partial charge in [0, 0.05) is 16.8 Å². The Hall–Kier alpha value is -3.20. The average molecular weight is 367 g/mol. The number of aromatic nitrogens is 3. The summed E-state index contributed by atoms with van der Waals surface area (Å²) in [5.41, 5.74) is 5.82. The number of benzene rings is 3. The summed E-state index contributed by atoms with van der Waals surface area (Å²) in [6.45, 7) is 8.79. The molecule has 0 atom stereocenters. The highest BCUT2D eigenvalue weighted by molar-refractivity contribution is 5.68. The molecular formula is C25H25N3. The lowest BCUT2D eigenvalue weighted by Gasteiger charge is -2.19. The van der Waals surface area contributed by atoms with Crippen LogP contribution in [0.15, 0.2) is 78.9 Å². The van der Waals surface area contributed by atoms with Crippen molar-refractivity contribution in [2.75, 3.05) is 0 Å². The van der Waals surface area contributed by atoms with Gasteiger partial charge in [-0.1, -0.05) is 87.5 Å². The van der Waals surface area contributed by atoms with Gasteiger partial charge >= 0.3 is 0 Å². The number of para-hydroxylation sites is 1. The van der Waals surface area contributed by atoms with Gasteiger partial charge in [-0.3, -0.25) is 4.57 Å². The minimum atomic E-state index is 0.123. The van der Waals surface area contributed by atoms with Crippen LogP contribution in [0.3, 0.4) is 0 Å². The molecule has 0 saturated carbocycles. The van der Waals surface area contributed by atoms with Crippen molar-refractivity contribution < 1.29 is 0 Å². The Bertz CT molecular complexity index is 1080. The molecular weight excluding hydrogens is 342 g/mol. The van der Waals surface area contributed by atoms with Crippen molar-refractivity contribution in [3.05, 3.63) is 90.0 Å². The van der Waals surface area contributed by atoms with E-state index in [0.29, 0.717) is 0 Å². The van der Waals surface area contributed by atoms with Crippen molar-refractivity contribution in [2.45, 2.75) is 33.1 Å². The largest absolute Gasteiger partial charge is 0.275 e. The number of aryl methyl sites for hydroxylation is 1. The number of hydrogen-bond acceptors (Lipinski definition) is 2. The molecule has 4 rings (SSSR count). The topological polar surface area (TPSA) is 30.7 Å². The fourth-order valence-corrected chi connectivity index (χ4v) is 3.41. The lowest BCUT2D eigenvalue weighted by Crippen LogP contribution is -2.10. The molecule has 0 N–H and O–H groups in total. The van der Waals surface area contributed by atoms with E-state index in [-0.39, 0.29) is 5.41 Å². The third-order valence-corrected chi connectivity index (χ3v) is 5.07. The zero-order valence-electron chi connectivity index (χ0n) is 16.8. The summed E-state index contributed by atoms with van der Waals surface area (Å²) < 4.78 is 2.15. The molecule has 1 heterocycles. The van der Waals surface area contributed by atoms with Crippen LogP contribution in [0, 0.1) is 6.92 Å². The van der Waals surface area contributed by atoms with E-state index in [0.717, 1.165) is 28.5 Å². The Morgan fingerprint density at radius 1 is 0.679 bits per heavy atom. The molecule has 0 fully saturated rings. The van der Waals surface area contributed by atoms with Crippen molar-refractivity contribution in [3.8, 4) is 28.5 Å². The normalized spacial score (nSPS) is 11.6. The Kier molecular flexibility index (Phi) is 4.60. The molecule has 0 spiro atoms. The highest BCUT2D eigenvalue weighted by Crippen LogP contribution is 2.31. The van der Waals surface area contributed by atoms with Crippen molar-refractivity contribution in [1.29, 1.82) is 0 Å². The second-order valence-electron chi connectivity index (χ2n) is 8.16. The van der Waals surface area contributed by atoms with Gasteiger partial charge in [0.15, 0.2) is 11.6 Å². The fraction of sp³-hybridized carbons (Fsp3) is 0.200. The van der Waals surface area contributed by atoms with E-state index in [1.165, 1.54) is 11.1 Å². The van der Waals surface area contributed by atoms with Crippen LogP contribution in [0.5, 0.6) is 0 Å². The molecule has 0 aliphatic carbocycles. The molecule has 0 unspecified atom stereocenters. The summed E-state index contributed by atoms with van der Waals surface area (Å²) in [7, 11) is 0. The van der Waals surface area contributed by atoms with Gasteiger partial charge in [0.2, 0.25) is 0 Å². The predicted octanol–water partition coefficient (Wildman–Crippen LogP) is 6.21. The molecule has 140 valence electrons. The summed E-state index contributed by atoms with van der Waals surface area (Å²) >= 11 is 0. The van der Waals surface area contributed by atoms with Crippen LogP contribution >= 0.6 is 0 Å². The van der Waals surface area contributed by atoms with Gasteiger partial charge in [0.1, 0.15) is 0 Å². The minimum Gasteiger partial charge on any atom is -0.275 e. The minimum absolute atomic E-state index is 0.123. The van der Waals surface area contributed by atoms with Gasteiger partial charge in [0.25, 0.3) is 0 Å². The van der Waals surface area contributed by atoms with E-state index in [4.69, 9.17) is 0 Å². The van der Waals surface area contributed by atoms with Crippen LogP contribution in [0.2, 0.25) is 0 Å². The van der Waals surface area contributed by atoms with E-state index < -0.39 is 0 Å². The van der Waals surface area contributed by atoms with Crippen LogP contribution in [0.4, 0.5) is 0 Å². The third kappa shape index (κ3) is 3.36. The maximum Gasteiger partial charge on any atom is 0.169 e. The predicted molar refractivity (Wildman–Crippen MR) is 116 cm³/mol. The molecule has 3 nitrogen and oxygen atoms in total. The molecule has 0 aliphatic rings. The van der Waals surface area contributed by atoms with Gasteiger partial charge in [-0.15, -0.1) is 10.2 Å². The standard InChI is InChI=1S/C25H25N3/c1-18-10-8-9-13-22(18)24-27-26-23(28(24)21-11-6-5-7-12-21)19-14-16-20(17-15-19)25(2,3)4/h5-17H,1-4H3. The molecule has 3 aromatic carbocycles. The highest BCUT2D eigenvalue weighted by atomic mass is 15.3. The number of rotatable bonds is 3. The van der Waals surface area contributed by atoms with Crippen molar-refractivity contribution in [1.82, 2.24) is 14.8 Å². The summed E-state index contributed by atoms with van der Waals surface area (Å²) in [6.07, 6.45) is 0. The van der Waals surface area contributed by atoms with Crippen molar-refractivity contribution in [2.24, 2.45) is 0 Å². The SMILES string of the molecule is Cc1ccccc1-c1nnc(-c2ccc(C(C)(C)C)cc2)n1-c1ccccc1. The lowest BCUT2D eigenvalue weighted by molar-refractivity contribution is 0.590. The van der Waals surface area contributed by atoms with Crippen LogP contribution in [-0.4, -0.2) is 14.8 Å². The summed E-state index contributed by atoms with van der Waals surface area (Å²) in [6, 6.07) is 27.3. The highest BCUT2D eigenvalue weighted by Gasteiger charge is 2.19. The first-order valence-corrected chi connectivity index (χ1v) is 9.63. The van der Waals surface area contributed by atoms with Crippen LogP contribution in [0.1, 0.15) is 31.9 Å². The van der Waals surface area contributed by atoms with E-state index in [1.807, 2.05) is 30.3 Å². The molecule has 0 radical (unpaired) electrons. The Balaban J connectivity index is 1.91. The number of hydrogen-bond donors (Lipinski definition) is 0. The average Bonchev–Trinajstić information content (AvgIpc) is 3.13. The van der Waals surface area contributed by atoms with E-state index in [1.54, 1.807) is 0 Å². The molecule has 0 bridgehead atoms. The Labute approximate surface area is 166 Å². The second-order valence-corrected chi connectivity index (χ2v) is 8.16. The number of nitrogens with zero attached hydrogens (tertiary/aromatic N) is 3. The molecule has 1 aromatic heterocycles. The smallest absolute Gasteiger partial charge is 0.169 e. The van der Waals surface area contributed by atoms with E-state index >= 15 is 0 Å². The van der Waals surface area contributed by atoms with Crippen LogP contribution in [-0.2, 0) is 5.41 Å². The Morgan fingerprint density at radius 3 is 1.93 bits per heavy atom. The third-order valence-electron chi connectivity index (χ3n) is 5.07. The molecule has 3 heteroatoms. The zero-order valence-corrected chi connectivity index (χ0v) is 16.8. The summed E-state index contributed by atoms with van der Waals surface area (Å²) in [4.78, 5) is 0. The van der Waals surface area contributed by atoms with Gasteiger partial charge in [0.05, 0.1) is 0 Å². The molecule has 28 heavy (non-hydrogen) atoms. The van der Waals surface area contributed by atoms with Gasteiger partial charge in [-0.2, -0.15) is 0 Å². The fourth-order valence-electron chi connectivity index (χ4n) is 3.41. The quantitative estimate of drug-likeness (QED) is 0.431. The summed E-state index contributed by atoms with van der Waals surface area (Å²) in [5.74, 6) is 1.71. The maximum absolute atomic E-state index is 4.59. The second kappa shape index (κ2) is 7.08. The van der Waals surface area contributed by atoms with E-state index in [9.17, 15) is 0 Å². The molecule has 4 aromatic rings. The molecule has 0 amide bonds. The van der Waals surface area contributed by atoms with Crippen LogP contribution < -0.4 is 0 Å². The van der Waals surface area contributed by atoms with Crippen molar-refractivity contribution in [3.63, 3.8) is 0 Å².